The number of carbonyl (C=O) groups excluding carboxylic acids is 1. The number of hydrogen-bond donors (Lipinski definition) is 1. The topological polar surface area (TPSA) is 41.5 Å². The van der Waals surface area contributed by atoms with E-state index in [0.29, 0.717) is 5.56 Å². The summed E-state index contributed by atoms with van der Waals surface area (Å²) >= 11 is -1.07. The fourth-order valence-electron chi connectivity index (χ4n) is 1.60. The predicted molar refractivity (Wildman–Crippen MR) is 88.4 cm³/mol. The van der Waals surface area contributed by atoms with Crippen molar-refractivity contribution in [3.8, 4) is 0 Å². The Kier molecular flexibility index (Phi) is 4.50. The van der Waals surface area contributed by atoms with Crippen LogP contribution in [-0.4, -0.2) is 22.6 Å². The van der Waals surface area contributed by atoms with Gasteiger partial charge in [-0.15, -0.1) is 0 Å². The fourth-order valence-corrected chi connectivity index (χ4v) is 11.5. The molecule has 0 unspecified atom stereocenters. The first kappa shape index (κ1) is 13.8. The molecule has 1 amide bonds. The van der Waals surface area contributed by atoms with E-state index in [1.807, 2.05) is 44.3 Å². The van der Waals surface area contributed by atoms with Crippen molar-refractivity contribution in [3.05, 3.63) is 66.2 Å². The van der Waals surface area contributed by atoms with Gasteiger partial charge in [-0.1, -0.05) is 0 Å². The average Bonchev–Trinajstić information content (AvgIpc) is 2.47. The van der Waals surface area contributed by atoms with E-state index in [0.717, 1.165) is 4.38 Å². The van der Waals surface area contributed by atoms with Gasteiger partial charge >= 0.3 is 129 Å². The van der Waals surface area contributed by atoms with Crippen LogP contribution in [0.2, 0.25) is 0 Å². The van der Waals surface area contributed by atoms with Gasteiger partial charge in [0.1, 0.15) is 0 Å². The zero-order valence-electron chi connectivity index (χ0n) is 10.4. The SMILES string of the molecule is O=C(NN=C1S[As](c2ccccc2)S1)c1ccccc1. The number of hydrazone groups is 1. The Morgan fingerprint density at radius 1 is 0.950 bits per heavy atom. The molecule has 0 atom stereocenters. The number of nitrogens with zero attached hydrogens (tertiary/aromatic N) is 1. The summed E-state index contributed by atoms with van der Waals surface area (Å²) in [5.74, 6) is -0.162. The third-order valence-corrected chi connectivity index (χ3v) is 15.8. The second-order valence-electron chi connectivity index (χ2n) is 3.96. The zero-order valence-corrected chi connectivity index (χ0v) is 13.9. The van der Waals surface area contributed by atoms with Crippen molar-refractivity contribution < 1.29 is 4.79 Å². The Labute approximate surface area is 128 Å². The summed E-state index contributed by atoms with van der Waals surface area (Å²) in [5, 5.41) is 4.16. The summed E-state index contributed by atoms with van der Waals surface area (Å²) in [6.45, 7) is 0. The quantitative estimate of drug-likeness (QED) is 0.674. The van der Waals surface area contributed by atoms with E-state index in [9.17, 15) is 4.79 Å². The van der Waals surface area contributed by atoms with E-state index in [2.05, 4.69) is 34.8 Å². The number of carbonyl (C=O) groups is 1. The van der Waals surface area contributed by atoms with Crippen LogP contribution < -0.4 is 9.78 Å². The molecule has 2 aromatic rings. The molecular weight excluding hydrogens is 351 g/mol. The second-order valence-corrected chi connectivity index (χ2v) is 14.8. The number of nitrogens with one attached hydrogen (secondary N) is 1. The molecule has 1 aliphatic rings. The summed E-state index contributed by atoms with van der Waals surface area (Å²) in [7, 11) is 3.62. The molecule has 6 heteroatoms. The maximum atomic E-state index is 11.8. The fraction of sp³-hybridized carbons (Fsp3) is 0. The molecule has 1 aliphatic heterocycles. The van der Waals surface area contributed by atoms with Gasteiger partial charge in [-0.05, 0) is 0 Å². The number of rotatable bonds is 3. The van der Waals surface area contributed by atoms with Crippen LogP contribution in [0.5, 0.6) is 0 Å². The van der Waals surface area contributed by atoms with E-state index in [4.69, 9.17) is 0 Å². The predicted octanol–water partition coefficient (Wildman–Crippen LogP) is 2.56. The molecule has 3 nitrogen and oxygen atoms in total. The normalized spacial score (nSPS) is 17.2. The summed E-state index contributed by atoms with van der Waals surface area (Å²) in [6.07, 6.45) is 0. The van der Waals surface area contributed by atoms with Crippen LogP contribution in [-0.2, 0) is 0 Å². The molecule has 1 heterocycles. The molecule has 1 saturated heterocycles. The third-order valence-electron chi connectivity index (χ3n) is 2.57. The van der Waals surface area contributed by atoms with Gasteiger partial charge in [0.2, 0.25) is 0 Å². The van der Waals surface area contributed by atoms with Crippen LogP contribution >= 0.6 is 20.0 Å². The molecule has 0 radical (unpaired) electrons. The van der Waals surface area contributed by atoms with Gasteiger partial charge in [0.05, 0.1) is 0 Å². The van der Waals surface area contributed by atoms with Gasteiger partial charge in [0.15, 0.2) is 0 Å². The Balaban J connectivity index is 1.54. The molecule has 20 heavy (non-hydrogen) atoms. The molecule has 3 rings (SSSR count). The zero-order chi connectivity index (χ0) is 13.8. The van der Waals surface area contributed by atoms with Crippen LogP contribution in [0.15, 0.2) is 65.8 Å². The van der Waals surface area contributed by atoms with Crippen LogP contribution in [0.3, 0.4) is 0 Å². The van der Waals surface area contributed by atoms with Gasteiger partial charge < -0.3 is 0 Å². The molecule has 0 bridgehead atoms. The van der Waals surface area contributed by atoms with Crippen LogP contribution in [0.25, 0.3) is 0 Å². The van der Waals surface area contributed by atoms with Gasteiger partial charge in [0, 0.05) is 0 Å². The van der Waals surface area contributed by atoms with Crippen molar-refractivity contribution >= 4 is 47.0 Å². The number of hydrogen-bond acceptors (Lipinski definition) is 4. The Morgan fingerprint density at radius 3 is 2.20 bits per heavy atom. The van der Waals surface area contributed by atoms with E-state index < -0.39 is 12.3 Å². The Morgan fingerprint density at radius 2 is 1.55 bits per heavy atom. The molecule has 100 valence electrons. The molecule has 2 aromatic carbocycles. The minimum atomic E-state index is -1.07. The van der Waals surface area contributed by atoms with E-state index in [-0.39, 0.29) is 5.91 Å². The first-order valence-corrected chi connectivity index (χ1v) is 13.1. The van der Waals surface area contributed by atoms with Crippen molar-refractivity contribution in [2.75, 3.05) is 0 Å². The summed E-state index contributed by atoms with van der Waals surface area (Å²) in [4.78, 5) is 11.8. The summed E-state index contributed by atoms with van der Waals surface area (Å²) in [5.41, 5.74) is 3.23. The second kappa shape index (κ2) is 6.53. The molecule has 0 aromatic heterocycles. The molecule has 0 spiro atoms. The first-order valence-electron chi connectivity index (χ1n) is 5.97. The van der Waals surface area contributed by atoms with Crippen LogP contribution in [0, 0.1) is 0 Å². The van der Waals surface area contributed by atoms with E-state index in [1.165, 1.54) is 4.35 Å². The van der Waals surface area contributed by atoms with Gasteiger partial charge in [-0.25, -0.2) is 0 Å². The van der Waals surface area contributed by atoms with Gasteiger partial charge in [-0.2, -0.15) is 0 Å². The number of amides is 1. The molecule has 0 saturated carbocycles. The van der Waals surface area contributed by atoms with Gasteiger partial charge in [-0.3, -0.25) is 0 Å². The monoisotopic (exact) mass is 362 g/mol. The van der Waals surface area contributed by atoms with E-state index >= 15 is 0 Å². The summed E-state index contributed by atoms with van der Waals surface area (Å²) < 4.78 is 2.38. The Bertz CT molecular complexity index is 626. The van der Waals surface area contributed by atoms with Crippen LogP contribution in [0.1, 0.15) is 10.4 Å². The van der Waals surface area contributed by atoms with Crippen molar-refractivity contribution in [2.24, 2.45) is 5.10 Å². The van der Waals surface area contributed by atoms with Crippen molar-refractivity contribution in [1.29, 1.82) is 0 Å². The molecular formula is C14H11AsN2OS2. The van der Waals surface area contributed by atoms with Crippen molar-refractivity contribution in [2.45, 2.75) is 0 Å². The van der Waals surface area contributed by atoms with Crippen molar-refractivity contribution in [1.82, 2.24) is 5.43 Å². The summed E-state index contributed by atoms with van der Waals surface area (Å²) in [6, 6.07) is 19.6. The standard InChI is InChI=1S/C14H11AsN2OS2/c18-13(11-7-3-1-4-8-11)16-17-14-19-15(20-14)12-9-5-2-6-10-12/h1-10H,(H,16,18). The molecule has 1 fully saturated rings. The minimum absolute atomic E-state index is 0.162. The molecule has 0 aliphatic carbocycles. The van der Waals surface area contributed by atoms with Gasteiger partial charge in [0.25, 0.3) is 0 Å². The van der Waals surface area contributed by atoms with E-state index in [1.54, 1.807) is 12.1 Å². The first-order chi connectivity index (χ1) is 9.83. The van der Waals surface area contributed by atoms with Crippen molar-refractivity contribution in [3.63, 3.8) is 0 Å². The molecule has 1 N–H and O–H groups in total. The van der Waals surface area contributed by atoms with Crippen LogP contribution in [0.4, 0.5) is 0 Å². The maximum absolute atomic E-state index is 11.8. The average molecular weight is 362 g/mol. The Hall–Kier alpha value is -1.16. The number of benzene rings is 2. The third kappa shape index (κ3) is 3.29.